The van der Waals surface area contributed by atoms with Gasteiger partial charge in [-0.15, -0.1) is 0 Å². The van der Waals surface area contributed by atoms with Crippen molar-refractivity contribution in [3.8, 4) is 5.75 Å². The van der Waals surface area contributed by atoms with Crippen molar-refractivity contribution in [1.29, 1.82) is 0 Å². The van der Waals surface area contributed by atoms with Crippen LogP contribution >= 0.6 is 0 Å². The zero-order valence-electron chi connectivity index (χ0n) is 14.6. The van der Waals surface area contributed by atoms with Gasteiger partial charge in [0.2, 0.25) is 11.8 Å². The van der Waals surface area contributed by atoms with Crippen LogP contribution in [0.4, 0.5) is 10.1 Å². The predicted octanol–water partition coefficient (Wildman–Crippen LogP) is 1.65. The number of ether oxygens (including phenoxy) is 1. The number of halogens is 1. The van der Waals surface area contributed by atoms with E-state index in [4.69, 9.17) is 4.74 Å². The van der Waals surface area contributed by atoms with Crippen molar-refractivity contribution in [1.82, 2.24) is 10.9 Å². The number of carbonyl (C=O) groups is 3. The summed E-state index contributed by atoms with van der Waals surface area (Å²) in [4.78, 5) is 38.0. The highest BCUT2D eigenvalue weighted by Gasteiger charge is 2.35. The van der Waals surface area contributed by atoms with Crippen LogP contribution < -0.4 is 20.5 Å². The number of methoxy groups -OCH3 is 1. The molecule has 1 fully saturated rings. The topological polar surface area (TPSA) is 87.7 Å². The number of rotatable bonds is 4. The van der Waals surface area contributed by atoms with E-state index in [9.17, 15) is 18.8 Å². The van der Waals surface area contributed by atoms with Gasteiger partial charge in [-0.3, -0.25) is 25.2 Å². The first kappa shape index (κ1) is 18.4. The zero-order chi connectivity index (χ0) is 19.4. The fourth-order valence-electron chi connectivity index (χ4n) is 2.82. The Bertz CT molecular complexity index is 870. The molecule has 140 valence electrons. The Morgan fingerprint density at radius 1 is 1.15 bits per heavy atom. The third kappa shape index (κ3) is 4.22. The second-order valence-corrected chi connectivity index (χ2v) is 6.06. The van der Waals surface area contributed by atoms with Crippen LogP contribution in [0.15, 0.2) is 48.5 Å². The molecule has 0 unspecified atom stereocenters. The molecule has 1 aliphatic heterocycles. The molecule has 7 nitrogen and oxygen atoms in total. The molecule has 2 aromatic rings. The maximum atomic E-state index is 13.1. The lowest BCUT2D eigenvalue weighted by Gasteiger charge is -2.17. The summed E-state index contributed by atoms with van der Waals surface area (Å²) < 4.78 is 18.2. The number of hydrazine groups is 1. The van der Waals surface area contributed by atoms with E-state index in [2.05, 4.69) is 10.9 Å². The average molecular weight is 371 g/mol. The van der Waals surface area contributed by atoms with Crippen molar-refractivity contribution in [2.75, 3.05) is 18.6 Å². The molecule has 0 spiro atoms. The van der Waals surface area contributed by atoms with E-state index in [1.807, 2.05) is 0 Å². The third-order valence-electron chi connectivity index (χ3n) is 4.27. The molecule has 0 saturated carbocycles. The lowest BCUT2D eigenvalue weighted by atomic mass is 10.1. The number of benzene rings is 2. The molecule has 1 saturated heterocycles. The first-order valence-electron chi connectivity index (χ1n) is 8.28. The molecule has 27 heavy (non-hydrogen) atoms. The maximum absolute atomic E-state index is 13.1. The monoisotopic (exact) mass is 371 g/mol. The standard InChI is InChI=1S/C19H18FN3O4/c1-27-16-7-5-15(6-8-16)23-11-13(10-17(23)24)19(26)22-21-18(25)12-3-2-4-14(20)9-12/h2-9,13H,10-11H2,1H3,(H,21,25)(H,22,26)/t13-/m1/s1. The Balaban J connectivity index is 1.57. The molecule has 0 aromatic heterocycles. The minimum absolute atomic E-state index is 0.0354. The molecule has 0 bridgehead atoms. The molecule has 3 rings (SSSR count). The second kappa shape index (κ2) is 7.86. The molecule has 0 aliphatic carbocycles. The molecule has 0 radical (unpaired) electrons. The third-order valence-corrected chi connectivity index (χ3v) is 4.27. The van der Waals surface area contributed by atoms with E-state index in [1.165, 1.54) is 23.1 Å². The van der Waals surface area contributed by atoms with Crippen LogP contribution in [0.3, 0.4) is 0 Å². The van der Waals surface area contributed by atoms with Gasteiger partial charge in [0.15, 0.2) is 0 Å². The molecule has 1 heterocycles. The summed E-state index contributed by atoms with van der Waals surface area (Å²) in [6.07, 6.45) is 0.0354. The van der Waals surface area contributed by atoms with Gasteiger partial charge >= 0.3 is 0 Å². The summed E-state index contributed by atoms with van der Waals surface area (Å²) in [6, 6.07) is 12.0. The number of hydrogen-bond acceptors (Lipinski definition) is 4. The molecule has 8 heteroatoms. The first-order valence-corrected chi connectivity index (χ1v) is 8.28. The van der Waals surface area contributed by atoms with Crippen LogP contribution in [0.2, 0.25) is 0 Å². The van der Waals surface area contributed by atoms with Gasteiger partial charge < -0.3 is 9.64 Å². The van der Waals surface area contributed by atoms with Gasteiger partial charge in [0.25, 0.3) is 5.91 Å². The number of anilines is 1. The van der Waals surface area contributed by atoms with E-state index >= 15 is 0 Å². The zero-order valence-corrected chi connectivity index (χ0v) is 14.6. The van der Waals surface area contributed by atoms with Gasteiger partial charge in [0.05, 0.1) is 13.0 Å². The van der Waals surface area contributed by atoms with E-state index in [-0.39, 0.29) is 24.4 Å². The van der Waals surface area contributed by atoms with Gasteiger partial charge in [-0.05, 0) is 42.5 Å². The van der Waals surface area contributed by atoms with Crippen LogP contribution in [0.1, 0.15) is 16.8 Å². The van der Waals surface area contributed by atoms with Crippen molar-refractivity contribution in [2.45, 2.75) is 6.42 Å². The van der Waals surface area contributed by atoms with Gasteiger partial charge in [0, 0.05) is 24.2 Å². The van der Waals surface area contributed by atoms with E-state index in [0.29, 0.717) is 11.4 Å². The molecule has 1 aliphatic rings. The quantitative estimate of drug-likeness (QED) is 0.800. The Hall–Kier alpha value is -3.42. The Morgan fingerprint density at radius 3 is 2.56 bits per heavy atom. The second-order valence-electron chi connectivity index (χ2n) is 6.06. The SMILES string of the molecule is COc1ccc(N2C[C@H](C(=O)NNC(=O)c3cccc(F)c3)CC2=O)cc1. The summed E-state index contributed by atoms with van der Waals surface area (Å²) in [7, 11) is 1.55. The van der Waals surface area contributed by atoms with Crippen LogP contribution in [0.25, 0.3) is 0 Å². The highest BCUT2D eigenvalue weighted by atomic mass is 19.1. The summed E-state index contributed by atoms with van der Waals surface area (Å²) >= 11 is 0. The minimum atomic E-state index is -0.640. The van der Waals surface area contributed by atoms with Gasteiger partial charge in [-0.25, -0.2) is 4.39 Å². The van der Waals surface area contributed by atoms with Crippen molar-refractivity contribution < 1.29 is 23.5 Å². The maximum Gasteiger partial charge on any atom is 0.269 e. The van der Waals surface area contributed by atoms with Crippen molar-refractivity contribution >= 4 is 23.4 Å². The van der Waals surface area contributed by atoms with E-state index in [1.54, 1.807) is 31.4 Å². The highest BCUT2D eigenvalue weighted by Crippen LogP contribution is 2.26. The number of nitrogens with one attached hydrogen (secondary N) is 2. The Kier molecular flexibility index (Phi) is 5.35. The minimum Gasteiger partial charge on any atom is -0.497 e. The summed E-state index contributed by atoms with van der Waals surface area (Å²) in [5, 5.41) is 0. The van der Waals surface area contributed by atoms with Crippen molar-refractivity contribution in [3.05, 3.63) is 59.9 Å². The fourth-order valence-corrected chi connectivity index (χ4v) is 2.82. The molecular weight excluding hydrogens is 353 g/mol. The molecule has 1 atom stereocenters. The predicted molar refractivity (Wildman–Crippen MR) is 95.5 cm³/mol. The molecular formula is C19H18FN3O4. The molecule has 3 amide bonds. The van der Waals surface area contributed by atoms with Gasteiger partial charge in [-0.1, -0.05) is 6.07 Å². The van der Waals surface area contributed by atoms with Crippen LogP contribution in [-0.4, -0.2) is 31.4 Å². The summed E-state index contributed by atoms with van der Waals surface area (Å²) in [5.41, 5.74) is 5.28. The lowest BCUT2D eigenvalue weighted by molar-refractivity contribution is -0.126. The molecule has 2 aromatic carbocycles. The highest BCUT2D eigenvalue weighted by molar-refractivity contribution is 6.01. The fraction of sp³-hybridized carbons (Fsp3) is 0.211. The number of carbonyl (C=O) groups excluding carboxylic acids is 3. The Morgan fingerprint density at radius 2 is 1.89 bits per heavy atom. The van der Waals surface area contributed by atoms with Crippen LogP contribution in [0.5, 0.6) is 5.75 Å². The van der Waals surface area contributed by atoms with Gasteiger partial charge in [0.1, 0.15) is 11.6 Å². The largest absolute Gasteiger partial charge is 0.497 e. The number of nitrogens with zero attached hydrogens (tertiary/aromatic N) is 1. The summed E-state index contributed by atoms with van der Waals surface area (Å²) in [5.74, 6) is -1.79. The van der Waals surface area contributed by atoms with Crippen molar-refractivity contribution in [2.24, 2.45) is 5.92 Å². The number of amides is 3. The van der Waals surface area contributed by atoms with E-state index < -0.39 is 23.5 Å². The lowest BCUT2D eigenvalue weighted by Crippen LogP contribution is -2.45. The van der Waals surface area contributed by atoms with Crippen molar-refractivity contribution in [3.63, 3.8) is 0 Å². The van der Waals surface area contributed by atoms with Crippen LogP contribution in [0, 0.1) is 11.7 Å². The van der Waals surface area contributed by atoms with Gasteiger partial charge in [-0.2, -0.15) is 0 Å². The van der Waals surface area contributed by atoms with Crippen LogP contribution in [-0.2, 0) is 9.59 Å². The smallest absolute Gasteiger partial charge is 0.269 e. The normalized spacial score (nSPS) is 16.1. The summed E-state index contributed by atoms with van der Waals surface area (Å²) in [6.45, 7) is 0.201. The average Bonchev–Trinajstić information content (AvgIpc) is 3.07. The number of hydrogen-bond donors (Lipinski definition) is 2. The molecule has 2 N–H and O–H groups in total. The van der Waals surface area contributed by atoms with E-state index in [0.717, 1.165) is 6.07 Å². The Labute approximate surface area is 155 Å². The first-order chi connectivity index (χ1) is 13.0.